The largest absolute Gasteiger partial charge is 0.361 e. The van der Waals surface area contributed by atoms with E-state index in [0.717, 1.165) is 69.0 Å². The van der Waals surface area contributed by atoms with Crippen molar-refractivity contribution in [1.82, 2.24) is 14.9 Å². The number of aromatic nitrogens is 2. The standard InChI is InChI=1S/C29H28F2N6O.C2H6/c30-24-5-6-25(27(31)15-24)22-14-23(19-35-38)29(34-18-22)37-11-9-36(10-12-37)8-2-1-3-21-17-33-28-7-4-20(16-32)13-26(21)28;1-2/h4-7,13-15,17-18,33H,1-3,8-12,19H2;1-2H3. The average Bonchev–Trinajstić information content (AvgIpc) is 3.39. The summed E-state index contributed by atoms with van der Waals surface area (Å²) in [7, 11) is 0. The van der Waals surface area contributed by atoms with Crippen molar-refractivity contribution in [1.29, 1.82) is 5.26 Å². The van der Waals surface area contributed by atoms with Crippen LogP contribution in [0, 0.1) is 27.9 Å². The third-order valence-corrected chi connectivity index (χ3v) is 7.16. The number of halogens is 2. The molecule has 1 saturated heterocycles. The van der Waals surface area contributed by atoms with Gasteiger partial charge in [-0.25, -0.2) is 13.8 Å². The fourth-order valence-electron chi connectivity index (χ4n) is 5.13. The van der Waals surface area contributed by atoms with E-state index < -0.39 is 11.6 Å². The Morgan fingerprint density at radius 3 is 2.55 bits per heavy atom. The van der Waals surface area contributed by atoms with E-state index in [9.17, 15) is 18.9 Å². The van der Waals surface area contributed by atoms with Crippen LogP contribution in [0.15, 0.2) is 60.0 Å². The third-order valence-electron chi connectivity index (χ3n) is 7.16. The molecule has 208 valence electrons. The number of H-pyrrole nitrogens is 1. The van der Waals surface area contributed by atoms with Gasteiger partial charge in [0.2, 0.25) is 0 Å². The minimum absolute atomic E-state index is 0.0666. The van der Waals surface area contributed by atoms with Crippen LogP contribution in [0.25, 0.3) is 22.0 Å². The van der Waals surface area contributed by atoms with E-state index in [0.29, 0.717) is 22.5 Å². The van der Waals surface area contributed by atoms with Crippen LogP contribution in [-0.4, -0.2) is 47.6 Å². The molecule has 9 heteroatoms. The van der Waals surface area contributed by atoms with E-state index in [1.165, 1.54) is 17.7 Å². The number of pyridine rings is 1. The number of nitroso groups, excluding NO2 is 1. The number of rotatable bonds is 9. The summed E-state index contributed by atoms with van der Waals surface area (Å²) in [6.45, 7) is 8.22. The molecule has 0 unspecified atom stereocenters. The second-order valence-electron chi connectivity index (χ2n) is 9.59. The van der Waals surface area contributed by atoms with Crippen molar-refractivity contribution >= 4 is 16.7 Å². The van der Waals surface area contributed by atoms with Crippen molar-refractivity contribution in [3.63, 3.8) is 0 Å². The molecule has 0 saturated carbocycles. The predicted octanol–water partition coefficient (Wildman–Crippen LogP) is 6.82. The molecular formula is C31H34F2N6O. The van der Waals surface area contributed by atoms with E-state index in [4.69, 9.17) is 0 Å². The Balaban J connectivity index is 0.00000181. The fourth-order valence-corrected chi connectivity index (χ4v) is 5.13. The van der Waals surface area contributed by atoms with Gasteiger partial charge in [-0.3, -0.25) is 4.90 Å². The molecule has 1 aliphatic heterocycles. The number of nitrogens with one attached hydrogen (secondary N) is 1. The minimum atomic E-state index is -0.671. The van der Waals surface area contributed by atoms with Gasteiger partial charge in [-0.2, -0.15) is 10.2 Å². The molecule has 0 atom stereocenters. The molecule has 1 aliphatic rings. The normalized spacial score (nSPS) is 13.5. The quantitative estimate of drug-likeness (QED) is 0.185. The van der Waals surface area contributed by atoms with Crippen molar-refractivity contribution in [3.8, 4) is 17.2 Å². The maximum atomic E-state index is 14.3. The van der Waals surface area contributed by atoms with Gasteiger partial charge in [0.25, 0.3) is 0 Å². The van der Waals surface area contributed by atoms with E-state index >= 15 is 0 Å². The molecule has 0 spiro atoms. The molecule has 0 radical (unpaired) electrons. The smallest absolute Gasteiger partial charge is 0.133 e. The molecule has 2 aromatic carbocycles. The zero-order valence-electron chi connectivity index (χ0n) is 23.0. The van der Waals surface area contributed by atoms with Crippen LogP contribution in [0.2, 0.25) is 0 Å². The lowest BCUT2D eigenvalue weighted by atomic mass is 10.0. The van der Waals surface area contributed by atoms with Crippen LogP contribution in [0.1, 0.15) is 43.4 Å². The molecule has 1 N–H and O–H groups in total. The number of anilines is 1. The van der Waals surface area contributed by atoms with Crippen molar-refractivity contribution < 1.29 is 8.78 Å². The van der Waals surface area contributed by atoms with E-state index in [2.05, 4.69) is 31.0 Å². The van der Waals surface area contributed by atoms with Crippen molar-refractivity contribution in [2.24, 2.45) is 5.18 Å². The minimum Gasteiger partial charge on any atom is -0.361 e. The summed E-state index contributed by atoms with van der Waals surface area (Å²) < 4.78 is 27.6. The maximum Gasteiger partial charge on any atom is 0.133 e. The summed E-state index contributed by atoms with van der Waals surface area (Å²) in [5.41, 5.74) is 4.34. The van der Waals surface area contributed by atoms with Crippen molar-refractivity contribution in [2.75, 3.05) is 37.6 Å². The van der Waals surface area contributed by atoms with Gasteiger partial charge in [-0.05, 0) is 67.8 Å². The van der Waals surface area contributed by atoms with E-state index in [-0.39, 0.29) is 12.1 Å². The number of nitriles is 1. The van der Waals surface area contributed by atoms with Crippen LogP contribution in [0.5, 0.6) is 0 Å². The Morgan fingerprint density at radius 1 is 1.02 bits per heavy atom. The fraction of sp³-hybridized carbons (Fsp3) is 0.355. The van der Waals surface area contributed by atoms with Crippen LogP contribution in [0.3, 0.4) is 0 Å². The maximum absolute atomic E-state index is 14.3. The second-order valence-corrected chi connectivity index (χ2v) is 9.59. The number of aromatic amines is 1. The number of nitrogens with zero attached hydrogens (tertiary/aromatic N) is 5. The summed E-state index contributed by atoms with van der Waals surface area (Å²) in [5, 5.41) is 13.4. The second kappa shape index (κ2) is 13.8. The van der Waals surface area contributed by atoms with Gasteiger partial charge in [0.1, 0.15) is 24.0 Å². The first kappa shape index (κ1) is 28.8. The molecular weight excluding hydrogens is 510 g/mol. The zero-order chi connectivity index (χ0) is 28.5. The summed E-state index contributed by atoms with van der Waals surface area (Å²) in [5.74, 6) is -0.628. The van der Waals surface area contributed by atoms with Crippen LogP contribution < -0.4 is 4.90 Å². The van der Waals surface area contributed by atoms with Crippen LogP contribution in [-0.2, 0) is 13.0 Å². The molecule has 0 aliphatic carbocycles. The molecule has 40 heavy (non-hydrogen) atoms. The van der Waals surface area contributed by atoms with Gasteiger partial charge in [0, 0.05) is 72.2 Å². The lowest BCUT2D eigenvalue weighted by Gasteiger charge is -2.36. The van der Waals surface area contributed by atoms with E-state index in [1.807, 2.05) is 38.2 Å². The van der Waals surface area contributed by atoms with Gasteiger partial charge in [-0.1, -0.05) is 19.0 Å². The molecule has 0 amide bonds. The zero-order valence-corrected chi connectivity index (χ0v) is 23.0. The predicted molar refractivity (Wildman–Crippen MR) is 155 cm³/mol. The Bertz CT molecular complexity index is 1490. The first-order valence-electron chi connectivity index (χ1n) is 13.8. The van der Waals surface area contributed by atoms with Gasteiger partial charge in [0.15, 0.2) is 0 Å². The lowest BCUT2D eigenvalue weighted by molar-refractivity contribution is 0.252. The van der Waals surface area contributed by atoms with Gasteiger partial charge >= 0.3 is 0 Å². The average molecular weight is 545 g/mol. The number of hydrogen-bond donors (Lipinski definition) is 1. The SMILES string of the molecule is CC.N#Cc1ccc2[nH]cc(CCCCN3CCN(c4ncc(-c5ccc(F)cc5F)cc4CN=O)CC3)c2c1. The number of aryl methyl sites for hydroxylation is 1. The monoisotopic (exact) mass is 544 g/mol. The molecule has 1 fully saturated rings. The highest BCUT2D eigenvalue weighted by Gasteiger charge is 2.21. The molecule has 2 aromatic heterocycles. The van der Waals surface area contributed by atoms with Gasteiger partial charge in [-0.15, -0.1) is 0 Å². The summed E-state index contributed by atoms with van der Waals surface area (Å²) >= 11 is 0. The molecule has 7 nitrogen and oxygen atoms in total. The summed E-state index contributed by atoms with van der Waals surface area (Å²) in [4.78, 5) is 23.5. The summed E-state index contributed by atoms with van der Waals surface area (Å²) in [6, 6.07) is 13.1. The lowest BCUT2D eigenvalue weighted by Crippen LogP contribution is -2.47. The molecule has 3 heterocycles. The van der Waals surface area contributed by atoms with Crippen LogP contribution >= 0.6 is 0 Å². The highest BCUT2D eigenvalue weighted by Crippen LogP contribution is 2.29. The highest BCUT2D eigenvalue weighted by molar-refractivity contribution is 5.84. The number of benzene rings is 2. The van der Waals surface area contributed by atoms with Crippen LogP contribution in [0.4, 0.5) is 14.6 Å². The van der Waals surface area contributed by atoms with Crippen molar-refractivity contribution in [3.05, 3.63) is 88.1 Å². The van der Waals surface area contributed by atoms with E-state index in [1.54, 1.807) is 12.3 Å². The van der Waals surface area contributed by atoms with Crippen molar-refractivity contribution in [2.45, 2.75) is 39.7 Å². The Hall–Kier alpha value is -4.16. The Labute approximate surface area is 233 Å². The summed E-state index contributed by atoms with van der Waals surface area (Å²) in [6.07, 6.45) is 6.70. The Kier molecular flexibility index (Phi) is 9.92. The number of hydrogen-bond acceptors (Lipinski definition) is 6. The first-order chi connectivity index (χ1) is 19.6. The first-order valence-corrected chi connectivity index (χ1v) is 13.8. The third kappa shape index (κ3) is 6.69. The molecule has 0 bridgehead atoms. The number of unbranched alkanes of at least 4 members (excludes halogenated alkanes) is 1. The number of piperazine rings is 1. The van der Waals surface area contributed by atoms with Gasteiger partial charge < -0.3 is 9.88 Å². The highest BCUT2D eigenvalue weighted by atomic mass is 19.1. The topological polar surface area (TPSA) is 88.4 Å². The number of fused-ring (bicyclic) bond motifs is 1. The Morgan fingerprint density at radius 2 is 1.82 bits per heavy atom. The molecule has 4 aromatic rings. The van der Waals surface area contributed by atoms with Gasteiger partial charge in [0.05, 0.1) is 11.6 Å². The molecule has 5 rings (SSSR count).